The van der Waals surface area contributed by atoms with E-state index >= 15 is 0 Å². The summed E-state index contributed by atoms with van der Waals surface area (Å²) >= 11 is 0. The first-order valence-electron chi connectivity index (χ1n) is 12.1. The van der Waals surface area contributed by atoms with Crippen molar-refractivity contribution in [2.24, 2.45) is 10.2 Å². The van der Waals surface area contributed by atoms with Crippen molar-refractivity contribution in [1.29, 1.82) is 0 Å². The van der Waals surface area contributed by atoms with Crippen LogP contribution in [0.3, 0.4) is 0 Å². The molecule has 4 amide bonds. The molecule has 42 heavy (non-hydrogen) atoms. The number of carbonyl (C=O) groups is 4. The van der Waals surface area contributed by atoms with Gasteiger partial charge in [0.05, 0.1) is 43.7 Å². The first-order valence-corrected chi connectivity index (χ1v) is 12.1. The van der Waals surface area contributed by atoms with Gasteiger partial charge < -0.3 is 0 Å². The molecule has 0 radical (unpaired) electrons. The van der Waals surface area contributed by atoms with E-state index in [0.29, 0.717) is 11.4 Å². The quantitative estimate of drug-likeness (QED) is 0.127. The third-order valence-electron chi connectivity index (χ3n) is 6.68. The van der Waals surface area contributed by atoms with Gasteiger partial charge in [-0.3, -0.25) is 39.4 Å². The van der Waals surface area contributed by atoms with Crippen molar-refractivity contribution in [3.8, 4) is 0 Å². The largest absolute Gasteiger partial charge is 0.283 e. The standard InChI is InChI=1S/C28H14N6O8/c35-25-19-3-1-5-21(33(39)40)23(19)27(37)31(25)17-11-7-15(8-12-17)29-30-16-9-13-18(14-10-16)32-26(36)20-4-2-6-22(34(41)42)24(20)28(32)38/h1-14H. The fourth-order valence-electron chi connectivity index (χ4n) is 4.76. The Bertz CT molecular complexity index is 1780. The molecular formula is C28H14N6O8. The van der Waals surface area contributed by atoms with E-state index in [1.165, 1.54) is 72.8 Å². The molecule has 14 heteroatoms. The molecule has 0 atom stereocenters. The Morgan fingerprint density at radius 3 is 1.19 bits per heavy atom. The molecule has 0 aromatic heterocycles. The van der Waals surface area contributed by atoms with Gasteiger partial charge in [-0.25, -0.2) is 9.80 Å². The Morgan fingerprint density at radius 1 is 0.500 bits per heavy atom. The minimum atomic E-state index is -0.801. The smallest absolute Gasteiger partial charge is 0.268 e. The van der Waals surface area contributed by atoms with Crippen LogP contribution in [0.1, 0.15) is 41.4 Å². The first-order chi connectivity index (χ1) is 20.2. The lowest BCUT2D eigenvalue weighted by atomic mass is 10.1. The summed E-state index contributed by atoms with van der Waals surface area (Å²) in [6, 6.07) is 19.5. The number of benzene rings is 4. The van der Waals surface area contributed by atoms with Gasteiger partial charge in [0.15, 0.2) is 0 Å². The number of rotatable bonds is 6. The van der Waals surface area contributed by atoms with Crippen molar-refractivity contribution in [3.05, 3.63) is 127 Å². The number of anilines is 2. The molecule has 0 saturated carbocycles. The summed E-state index contributed by atoms with van der Waals surface area (Å²) in [5.41, 5.74) is -0.431. The number of fused-ring (bicyclic) bond motifs is 2. The number of hydrogen-bond acceptors (Lipinski definition) is 10. The van der Waals surface area contributed by atoms with Gasteiger partial charge in [0.25, 0.3) is 35.0 Å². The highest BCUT2D eigenvalue weighted by molar-refractivity contribution is 6.36. The maximum absolute atomic E-state index is 12.9. The van der Waals surface area contributed by atoms with Gasteiger partial charge in [0, 0.05) is 12.1 Å². The zero-order valence-electron chi connectivity index (χ0n) is 21.0. The zero-order chi connectivity index (χ0) is 29.7. The van der Waals surface area contributed by atoms with Crippen molar-refractivity contribution < 1.29 is 29.0 Å². The van der Waals surface area contributed by atoms with Gasteiger partial charge in [-0.15, -0.1) is 0 Å². The van der Waals surface area contributed by atoms with E-state index in [-0.39, 0.29) is 33.6 Å². The number of imide groups is 2. The van der Waals surface area contributed by atoms with Crippen LogP contribution >= 0.6 is 0 Å². The monoisotopic (exact) mass is 562 g/mol. The number of nitrogens with zero attached hydrogens (tertiary/aromatic N) is 6. The lowest BCUT2D eigenvalue weighted by molar-refractivity contribution is -0.385. The highest BCUT2D eigenvalue weighted by Crippen LogP contribution is 2.36. The second-order valence-electron chi connectivity index (χ2n) is 9.04. The average Bonchev–Trinajstić information content (AvgIpc) is 3.40. The molecule has 204 valence electrons. The van der Waals surface area contributed by atoms with E-state index in [0.717, 1.165) is 21.9 Å². The highest BCUT2D eigenvalue weighted by atomic mass is 16.6. The summed E-state index contributed by atoms with van der Waals surface area (Å²) < 4.78 is 0. The zero-order valence-corrected chi connectivity index (χ0v) is 21.0. The Balaban J connectivity index is 1.18. The molecule has 0 spiro atoms. The number of nitro groups is 2. The molecule has 0 N–H and O–H groups in total. The second-order valence-corrected chi connectivity index (χ2v) is 9.04. The topological polar surface area (TPSA) is 186 Å². The van der Waals surface area contributed by atoms with Gasteiger partial charge in [0.2, 0.25) is 0 Å². The molecule has 2 heterocycles. The van der Waals surface area contributed by atoms with Crippen LogP contribution in [0.2, 0.25) is 0 Å². The number of nitro benzene ring substituents is 2. The summed E-state index contributed by atoms with van der Waals surface area (Å²) in [5, 5.41) is 30.9. The van der Waals surface area contributed by atoms with Crippen LogP contribution in [0.25, 0.3) is 0 Å². The van der Waals surface area contributed by atoms with Crippen molar-refractivity contribution in [3.63, 3.8) is 0 Å². The molecule has 0 bridgehead atoms. The van der Waals surface area contributed by atoms with Crippen LogP contribution in [0.15, 0.2) is 95.2 Å². The Morgan fingerprint density at radius 2 is 0.857 bits per heavy atom. The fourth-order valence-corrected chi connectivity index (χ4v) is 4.76. The molecule has 0 unspecified atom stereocenters. The summed E-state index contributed by atoms with van der Waals surface area (Å²) in [7, 11) is 0. The molecule has 2 aliphatic heterocycles. The van der Waals surface area contributed by atoms with Crippen molar-refractivity contribution in [2.75, 3.05) is 9.80 Å². The molecular weight excluding hydrogens is 548 g/mol. The normalized spacial score (nSPS) is 14.1. The van der Waals surface area contributed by atoms with Gasteiger partial charge in [-0.1, -0.05) is 12.1 Å². The maximum atomic E-state index is 12.9. The van der Waals surface area contributed by atoms with E-state index in [1.54, 1.807) is 0 Å². The number of hydrogen-bond donors (Lipinski definition) is 0. The Labute approximate surface area is 234 Å². The van der Waals surface area contributed by atoms with Gasteiger partial charge in [-0.05, 0) is 60.7 Å². The summed E-state index contributed by atoms with van der Waals surface area (Å²) in [5.74, 6) is -2.96. The molecule has 6 rings (SSSR count). The molecule has 14 nitrogen and oxygen atoms in total. The van der Waals surface area contributed by atoms with Crippen LogP contribution in [0.4, 0.5) is 34.1 Å². The SMILES string of the molecule is O=C1c2cccc([N+](=O)[O-])c2C(=O)N1c1ccc(N=Nc2ccc(N3C(=O)c4cccc([N+](=O)[O-])c4C3=O)cc2)cc1. The fraction of sp³-hybridized carbons (Fsp3) is 0. The molecule has 0 saturated heterocycles. The lowest BCUT2D eigenvalue weighted by Gasteiger charge is -2.14. The number of azo groups is 1. The first kappa shape index (κ1) is 25.8. The van der Waals surface area contributed by atoms with E-state index in [1.807, 2.05) is 0 Å². The minimum Gasteiger partial charge on any atom is -0.268 e. The molecule has 0 aliphatic carbocycles. The van der Waals surface area contributed by atoms with Crippen molar-refractivity contribution >= 4 is 57.8 Å². The highest BCUT2D eigenvalue weighted by Gasteiger charge is 2.43. The lowest BCUT2D eigenvalue weighted by Crippen LogP contribution is -2.29. The molecule has 4 aromatic carbocycles. The van der Waals surface area contributed by atoms with Crippen LogP contribution in [-0.2, 0) is 0 Å². The molecule has 2 aliphatic rings. The van der Waals surface area contributed by atoms with Crippen LogP contribution < -0.4 is 9.80 Å². The van der Waals surface area contributed by atoms with E-state index < -0.39 is 44.9 Å². The Hall–Kier alpha value is -6.44. The third-order valence-corrected chi connectivity index (χ3v) is 6.68. The molecule has 4 aromatic rings. The van der Waals surface area contributed by atoms with Gasteiger partial charge in [-0.2, -0.15) is 10.2 Å². The summed E-state index contributed by atoms with van der Waals surface area (Å²) in [6.07, 6.45) is 0. The predicted molar refractivity (Wildman–Crippen MR) is 146 cm³/mol. The predicted octanol–water partition coefficient (Wildman–Crippen LogP) is 5.52. The minimum absolute atomic E-state index is 0.0548. The van der Waals surface area contributed by atoms with Gasteiger partial charge in [0.1, 0.15) is 11.1 Å². The van der Waals surface area contributed by atoms with Crippen LogP contribution in [-0.4, -0.2) is 33.5 Å². The van der Waals surface area contributed by atoms with E-state index in [4.69, 9.17) is 0 Å². The van der Waals surface area contributed by atoms with Crippen LogP contribution in [0, 0.1) is 20.2 Å². The van der Waals surface area contributed by atoms with E-state index in [2.05, 4.69) is 10.2 Å². The number of carbonyl (C=O) groups excluding carboxylic acids is 4. The van der Waals surface area contributed by atoms with Crippen LogP contribution in [0.5, 0.6) is 0 Å². The van der Waals surface area contributed by atoms with Gasteiger partial charge >= 0.3 is 0 Å². The maximum Gasteiger partial charge on any atom is 0.283 e. The second kappa shape index (κ2) is 9.63. The van der Waals surface area contributed by atoms with Crippen molar-refractivity contribution in [2.45, 2.75) is 0 Å². The number of amides is 4. The summed E-state index contributed by atoms with van der Waals surface area (Å²) in [4.78, 5) is 74.3. The third kappa shape index (κ3) is 3.98. The summed E-state index contributed by atoms with van der Waals surface area (Å²) in [6.45, 7) is 0. The van der Waals surface area contributed by atoms with E-state index in [9.17, 15) is 39.4 Å². The van der Waals surface area contributed by atoms with Crippen molar-refractivity contribution in [1.82, 2.24) is 0 Å². The average molecular weight is 562 g/mol. The Kier molecular flexibility index (Phi) is 5.92. The molecule has 0 fully saturated rings.